The summed E-state index contributed by atoms with van der Waals surface area (Å²) in [4.78, 5) is 38.7. The molecule has 1 aromatic carbocycles. The van der Waals surface area contributed by atoms with Crippen LogP contribution in [0.25, 0.3) is 0 Å². The topological polar surface area (TPSA) is 54.5 Å². The van der Waals surface area contributed by atoms with Crippen LogP contribution in [0.3, 0.4) is 0 Å². The molecule has 21 heavy (non-hydrogen) atoms. The van der Waals surface area contributed by atoms with E-state index < -0.39 is 5.41 Å². The van der Waals surface area contributed by atoms with E-state index in [0.29, 0.717) is 24.9 Å². The minimum absolute atomic E-state index is 0.0688. The van der Waals surface area contributed by atoms with Crippen molar-refractivity contribution >= 4 is 17.5 Å². The van der Waals surface area contributed by atoms with Crippen molar-refractivity contribution in [1.29, 1.82) is 0 Å². The molecule has 1 saturated heterocycles. The number of likely N-dealkylation sites (N-methyl/N-ethyl adjacent to an activating group) is 1. The van der Waals surface area contributed by atoms with E-state index in [1.165, 1.54) is 0 Å². The zero-order chi connectivity index (χ0) is 15.5. The van der Waals surface area contributed by atoms with Gasteiger partial charge < -0.3 is 4.90 Å². The first-order valence-electron chi connectivity index (χ1n) is 7.38. The van der Waals surface area contributed by atoms with E-state index in [-0.39, 0.29) is 30.3 Å². The fourth-order valence-electron chi connectivity index (χ4n) is 2.93. The number of nitrogens with zero attached hydrogens (tertiary/aromatic N) is 1. The van der Waals surface area contributed by atoms with Crippen molar-refractivity contribution in [3.05, 3.63) is 35.9 Å². The maximum Gasteiger partial charge on any atom is 0.240 e. The lowest BCUT2D eigenvalue weighted by molar-refractivity contribution is -0.148. The van der Waals surface area contributed by atoms with E-state index in [2.05, 4.69) is 0 Å². The summed E-state index contributed by atoms with van der Waals surface area (Å²) in [6.07, 6.45) is 1.31. The Kier molecular flexibility index (Phi) is 4.56. The van der Waals surface area contributed by atoms with Crippen LogP contribution in [0.15, 0.2) is 30.3 Å². The van der Waals surface area contributed by atoms with Crippen LogP contribution in [0.2, 0.25) is 0 Å². The molecule has 4 heteroatoms. The van der Waals surface area contributed by atoms with Gasteiger partial charge in [0.2, 0.25) is 5.91 Å². The van der Waals surface area contributed by atoms with Gasteiger partial charge in [0, 0.05) is 32.9 Å². The highest BCUT2D eigenvalue weighted by Crippen LogP contribution is 2.36. The largest absolute Gasteiger partial charge is 0.344 e. The number of ketones is 2. The molecular weight excluding hydrogens is 266 g/mol. The van der Waals surface area contributed by atoms with Crippen molar-refractivity contribution in [3.8, 4) is 0 Å². The lowest BCUT2D eigenvalue weighted by atomic mass is 9.69. The number of piperidine rings is 1. The SMILES string of the molecule is CCC(=O)CCC1(c2ccccc2)C(=O)CCN(C)C1=O. The number of likely N-dealkylation sites (tertiary alicyclic amines) is 1. The molecule has 0 bridgehead atoms. The zero-order valence-corrected chi connectivity index (χ0v) is 12.6. The third-order valence-electron chi connectivity index (χ3n) is 4.30. The summed E-state index contributed by atoms with van der Waals surface area (Å²) in [5.41, 5.74) is -0.477. The minimum Gasteiger partial charge on any atom is -0.344 e. The number of hydrogen-bond donors (Lipinski definition) is 0. The maximum absolute atomic E-state index is 12.8. The lowest BCUT2D eigenvalue weighted by Gasteiger charge is -2.39. The summed E-state index contributed by atoms with van der Waals surface area (Å²) < 4.78 is 0. The fraction of sp³-hybridized carbons (Fsp3) is 0.471. The molecule has 1 aliphatic heterocycles. The Morgan fingerprint density at radius 3 is 2.52 bits per heavy atom. The molecule has 1 aliphatic rings. The van der Waals surface area contributed by atoms with Gasteiger partial charge in [-0.15, -0.1) is 0 Å². The van der Waals surface area contributed by atoms with Crippen molar-refractivity contribution in [3.63, 3.8) is 0 Å². The third kappa shape index (κ3) is 2.75. The lowest BCUT2D eigenvalue weighted by Crippen LogP contribution is -2.55. The number of hydrogen-bond acceptors (Lipinski definition) is 3. The second-order valence-corrected chi connectivity index (χ2v) is 5.56. The van der Waals surface area contributed by atoms with Gasteiger partial charge in [-0.3, -0.25) is 14.4 Å². The Hall–Kier alpha value is -1.97. The van der Waals surface area contributed by atoms with E-state index in [1.807, 2.05) is 30.3 Å². The van der Waals surface area contributed by atoms with Gasteiger partial charge in [0.05, 0.1) is 0 Å². The first-order valence-corrected chi connectivity index (χ1v) is 7.38. The van der Waals surface area contributed by atoms with Gasteiger partial charge in [0.15, 0.2) is 5.78 Å². The number of carbonyl (C=O) groups excluding carboxylic acids is 3. The Bertz CT molecular complexity index is 552. The Morgan fingerprint density at radius 1 is 1.24 bits per heavy atom. The average molecular weight is 287 g/mol. The van der Waals surface area contributed by atoms with Gasteiger partial charge >= 0.3 is 0 Å². The summed E-state index contributed by atoms with van der Waals surface area (Å²) in [5, 5.41) is 0. The van der Waals surface area contributed by atoms with Crippen molar-refractivity contribution in [2.75, 3.05) is 13.6 Å². The van der Waals surface area contributed by atoms with Crippen LogP contribution in [0, 0.1) is 0 Å². The molecule has 2 rings (SSSR count). The monoisotopic (exact) mass is 287 g/mol. The van der Waals surface area contributed by atoms with Gasteiger partial charge in [-0.2, -0.15) is 0 Å². The molecule has 0 aromatic heterocycles. The molecule has 4 nitrogen and oxygen atoms in total. The highest BCUT2D eigenvalue weighted by molar-refractivity contribution is 6.13. The predicted octanol–water partition coefficient (Wildman–Crippen LogP) is 2.11. The molecule has 112 valence electrons. The molecule has 0 saturated carbocycles. The minimum atomic E-state index is -1.18. The predicted molar refractivity (Wildman–Crippen MR) is 79.9 cm³/mol. The van der Waals surface area contributed by atoms with E-state index in [1.54, 1.807) is 18.9 Å². The second-order valence-electron chi connectivity index (χ2n) is 5.56. The number of amides is 1. The Morgan fingerprint density at radius 2 is 1.90 bits per heavy atom. The van der Waals surface area contributed by atoms with Gasteiger partial charge in [-0.25, -0.2) is 0 Å². The zero-order valence-electron chi connectivity index (χ0n) is 12.6. The van der Waals surface area contributed by atoms with Crippen molar-refractivity contribution < 1.29 is 14.4 Å². The molecule has 1 heterocycles. The van der Waals surface area contributed by atoms with Gasteiger partial charge in [-0.05, 0) is 12.0 Å². The highest BCUT2D eigenvalue weighted by atomic mass is 16.2. The van der Waals surface area contributed by atoms with E-state index in [9.17, 15) is 14.4 Å². The molecule has 0 spiro atoms. The first kappa shape index (κ1) is 15.4. The molecule has 0 aliphatic carbocycles. The van der Waals surface area contributed by atoms with Crippen molar-refractivity contribution in [1.82, 2.24) is 4.90 Å². The Labute approximate surface area is 125 Å². The highest BCUT2D eigenvalue weighted by Gasteiger charge is 2.50. The molecule has 1 fully saturated rings. The number of benzene rings is 1. The van der Waals surface area contributed by atoms with Crippen LogP contribution < -0.4 is 0 Å². The van der Waals surface area contributed by atoms with Crippen LogP contribution in [0.5, 0.6) is 0 Å². The van der Waals surface area contributed by atoms with Crippen LogP contribution >= 0.6 is 0 Å². The van der Waals surface area contributed by atoms with Crippen LogP contribution in [-0.2, 0) is 19.8 Å². The van der Waals surface area contributed by atoms with Crippen LogP contribution in [0.4, 0.5) is 0 Å². The summed E-state index contributed by atoms with van der Waals surface area (Å²) in [6.45, 7) is 2.25. The molecule has 0 N–H and O–H groups in total. The van der Waals surface area contributed by atoms with Gasteiger partial charge in [-0.1, -0.05) is 37.3 Å². The van der Waals surface area contributed by atoms with E-state index in [4.69, 9.17) is 0 Å². The Balaban J connectivity index is 2.45. The van der Waals surface area contributed by atoms with Crippen LogP contribution in [0.1, 0.15) is 38.2 Å². The van der Waals surface area contributed by atoms with Gasteiger partial charge in [0.1, 0.15) is 11.2 Å². The molecule has 0 radical (unpaired) electrons. The van der Waals surface area contributed by atoms with Gasteiger partial charge in [0.25, 0.3) is 0 Å². The summed E-state index contributed by atoms with van der Waals surface area (Å²) in [7, 11) is 1.72. The number of rotatable bonds is 5. The molecule has 1 unspecified atom stereocenters. The maximum atomic E-state index is 12.8. The molecule has 1 amide bonds. The molecule has 1 atom stereocenters. The van der Waals surface area contributed by atoms with Crippen molar-refractivity contribution in [2.24, 2.45) is 0 Å². The first-order chi connectivity index (χ1) is 10.0. The number of Topliss-reactive ketones (excluding diaryl/α,β-unsaturated/α-hetero) is 2. The normalized spacial score (nSPS) is 22.5. The summed E-state index contributed by atoms with van der Waals surface area (Å²) >= 11 is 0. The fourth-order valence-corrected chi connectivity index (χ4v) is 2.93. The third-order valence-corrected chi connectivity index (χ3v) is 4.30. The van der Waals surface area contributed by atoms with E-state index in [0.717, 1.165) is 0 Å². The second kappa shape index (κ2) is 6.20. The van der Waals surface area contributed by atoms with Crippen LogP contribution in [-0.4, -0.2) is 36.0 Å². The van der Waals surface area contributed by atoms with E-state index >= 15 is 0 Å². The van der Waals surface area contributed by atoms with Crippen molar-refractivity contribution in [2.45, 2.75) is 38.0 Å². The smallest absolute Gasteiger partial charge is 0.240 e. The number of carbonyl (C=O) groups is 3. The standard InChI is InChI=1S/C17H21NO3/c1-3-14(19)9-11-17(13-7-5-4-6-8-13)15(20)10-12-18(2)16(17)21/h4-8H,3,9-12H2,1-2H3. The summed E-state index contributed by atoms with van der Waals surface area (Å²) in [6, 6.07) is 9.13. The average Bonchev–Trinajstić information content (AvgIpc) is 2.52. The quantitative estimate of drug-likeness (QED) is 0.779. The summed E-state index contributed by atoms with van der Waals surface area (Å²) in [5.74, 6) is -0.173. The molecular formula is C17H21NO3. The molecule has 1 aromatic rings.